The SMILES string of the molecule is CN1CCN(COc2cccc(N=C3NC(=O)/C(=C\c4ccc(-c5ccc(Cl)cc5)o4)S3)c2)CC1. The van der Waals surface area contributed by atoms with E-state index < -0.39 is 0 Å². The average molecular weight is 509 g/mol. The van der Waals surface area contributed by atoms with E-state index in [1.165, 1.54) is 11.8 Å². The summed E-state index contributed by atoms with van der Waals surface area (Å²) in [6.45, 7) is 4.63. The van der Waals surface area contributed by atoms with Crippen molar-refractivity contribution in [2.24, 2.45) is 4.99 Å². The van der Waals surface area contributed by atoms with Crippen LogP contribution in [0.5, 0.6) is 5.75 Å². The molecule has 9 heteroatoms. The molecular formula is C26H25ClN4O3S. The lowest BCUT2D eigenvalue weighted by atomic mass is 10.2. The largest absolute Gasteiger partial charge is 0.478 e. The highest BCUT2D eigenvalue weighted by molar-refractivity contribution is 8.18. The number of carbonyl (C=O) groups excluding carboxylic acids is 1. The van der Waals surface area contributed by atoms with E-state index in [0.29, 0.717) is 39.0 Å². The lowest BCUT2D eigenvalue weighted by Gasteiger charge is -2.31. The summed E-state index contributed by atoms with van der Waals surface area (Å²) < 4.78 is 11.9. The molecule has 5 rings (SSSR count). The number of piperazine rings is 1. The highest BCUT2D eigenvalue weighted by Crippen LogP contribution is 2.31. The fourth-order valence-corrected chi connectivity index (χ4v) is 4.66. The van der Waals surface area contributed by atoms with E-state index in [1.807, 2.05) is 60.7 Å². The third kappa shape index (κ3) is 6.15. The lowest BCUT2D eigenvalue weighted by molar-refractivity contribution is -0.115. The summed E-state index contributed by atoms with van der Waals surface area (Å²) in [6.07, 6.45) is 1.72. The predicted molar refractivity (Wildman–Crippen MR) is 141 cm³/mol. The number of amidine groups is 1. The molecule has 2 aliphatic heterocycles. The van der Waals surface area contributed by atoms with Gasteiger partial charge < -0.3 is 19.4 Å². The van der Waals surface area contributed by atoms with Gasteiger partial charge >= 0.3 is 0 Å². The minimum atomic E-state index is -0.208. The van der Waals surface area contributed by atoms with E-state index in [1.54, 1.807) is 6.08 Å². The Bertz CT molecular complexity index is 1260. The van der Waals surface area contributed by atoms with Crippen LogP contribution in [-0.4, -0.2) is 60.8 Å². The monoisotopic (exact) mass is 508 g/mol. The van der Waals surface area contributed by atoms with Gasteiger partial charge in [0, 0.05) is 48.9 Å². The molecule has 2 aliphatic rings. The summed E-state index contributed by atoms with van der Waals surface area (Å²) in [7, 11) is 2.13. The number of nitrogens with zero attached hydrogens (tertiary/aromatic N) is 3. The number of rotatable bonds is 6. The molecule has 0 unspecified atom stereocenters. The number of benzene rings is 2. The number of hydrogen-bond donors (Lipinski definition) is 1. The number of halogens is 1. The zero-order valence-electron chi connectivity index (χ0n) is 19.2. The Balaban J connectivity index is 1.23. The quantitative estimate of drug-likeness (QED) is 0.468. The molecular weight excluding hydrogens is 484 g/mol. The number of carbonyl (C=O) groups is 1. The van der Waals surface area contributed by atoms with Crippen molar-refractivity contribution in [1.29, 1.82) is 0 Å². The highest BCUT2D eigenvalue weighted by Gasteiger charge is 2.24. The van der Waals surface area contributed by atoms with Crippen LogP contribution in [0, 0.1) is 0 Å². The number of thioether (sulfide) groups is 1. The number of ether oxygens (including phenoxy) is 1. The first kappa shape index (κ1) is 23.7. The molecule has 2 fully saturated rings. The fourth-order valence-electron chi connectivity index (χ4n) is 3.71. The standard InChI is InChI=1S/C26H25ClN4O3S/c1-30-11-13-31(14-12-30)17-33-21-4-2-3-20(15-21)28-26-29-25(32)24(35-26)16-22-9-10-23(34-22)18-5-7-19(27)8-6-18/h2-10,15-16H,11-14,17H2,1H3,(H,28,29,32)/b24-16+. The van der Waals surface area contributed by atoms with Gasteiger partial charge in [-0.3, -0.25) is 9.69 Å². The van der Waals surface area contributed by atoms with Crippen molar-refractivity contribution in [2.45, 2.75) is 0 Å². The third-order valence-corrected chi connectivity index (χ3v) is 6.90. The summed E-state index contributed by atoms with van der Waals surface area (Å²) in [5.41, 5.74) is 1.63. The number of nitrogens with one attached hydrogen (secondary N) is 1. The summed E-state index contributed by atoms with van der Waals surface area (Å²) in [4.78, 5) is 22.2. The van der Waals surface area contributed by atoms with Gasteiger partial charge in [0.1, 0.15) is 24.0 Å². The number of likely N-dealkylation sites (N-methyl/N-ethyl adjacent to an activating group) is 1. The molecule has 0 spiro atoms. The van der Waals surface area contributed by atoms with Gasteiger partial charge in [-0.25, -0.2) is 4.99 Å². The molecule has 180 valence electrons. The van der Waals surface area contributed by atoms with Crippen molar-refractivity contribution < 1.29 is 13.9 Å². The molecule has 1 aromatic heterocycles. The number of aliphatic imine (C=N–C) groups is 1. The van der Waals surface area contributed by atoms with Gasteiger partial charge in [-0.05, 0) is 67.3 Å². The van der Waals surface area contributed by atoms with Gasteiger partial charge in [0.25, 0.3) is 5.91 Å². The first-order chi connectivity index (χ1) is 17.0. The third-order valence-electron chi connectivity index (χ3n) is 5.74. The van der Waals surface area contributed by atoms with E-state index >= 15 is 0 Å². The zero-order chi connectivity index (χ0) is 24.2. The summed E-state index contributed by atoms with van der Waals surface area (Å²) in [6, 6.07) is 18.7. The molecule has 35 heavy (non-hydrogen) atoms. The normalized spacial score (nSPS) is 19.4. The van der Waals surface area contributed by atoms with Crippen molar-refractivity contribution >= 4 is 46.2 Å². The molecule has 3 aromatic rings. The Hall–Kier alpha value is -3.04. The Kier molecular flexibility index (Phi) is 7.24. The Morgan fingerprint density at radius 2 is 1.91 bits per heavy atom. The molecule has 1 N–H and O–H groups in total. The van der Waals surface area contributed by atoms with Crippen molar-refractivity contribution in [3.8, 4) is 17.1 Å². The molecule has 2 aromatic carbocycles. The molecule has 1 amide bonds. The van der Waals surface area contributed by atoms with Gasteiger partial charge in [0.15, 0.2) is 5.17 Å². The first-order valence-corrected chi connectivity index (χ1v) is 12.5. The Morgan fingerprint density at radius 3 is 2.71 bits per heavy atom. The average Bonchev–Trinajstić information content (AvgIpc) is 3.46. The van der Waals surface area contributed by atoms with E-state index in [9.17, 15) is 4.79 Å². The maximum atomic E-state index is 12.5. The van der Waals surface area contributed by atoms with Crippen LogP contribution >= 0.6 is 23.4 Å². The zero-order valence-corrected chi connectivity index (χ0v) is 20.8. The van der Waals surface area contributed by atoms with E-state index in [0.717, 1.165) is 37.5 Å². The molecule has 2 saturated heterocycles. The van der Waals surface area contributed by atoms with Crippen LogP contribution in [0.2, 0.25) is 5.02 Å². The first-order valence-electron chi connectivity index (χ1n) is 11.3. The second kappa shape index (κ2) is 10.7. The van der Waals surface area contributed by atoms with Gasteiger partial charge in [0.2, 0.25) is 0 Å². The van der Waals surface area contributed by atoms with Gasteiger partial charge in [0.05, 0.1) is 10.6 Å². The minimum absolute atomic E-state index is 0.208. The van der Waals surface area contributed by atoms with Crippen LogP contribution in [0.15, 0.2) is 75.0 Å². The maximum absolute atomic E-state index is 12.5. The van der Waals surface area contributed by atoms with E-state index in [-0.39, 0.29) is 5.91 Å². The van der Waals surface area contributed by atoms with Gasteiger partial charge in [-0.1, -0.05) is 17.7 Å². The summed E-state index contributed by atoms with van der Waals surface area (Å²) in [5, 5.41) is 4.00. The maximum Gasteiger partial charge on any atom is 0.264 e. The summed E-state index contributed by atoms with van der Waals surface area (Å²) >= 11 is 7.23. The molecule has 0 saturated carbocycles. The molecule has 0 radical (unpaired) electrons. The number of amides is 1. The predicted octanol–water partition coefficient (Wildman–Crippen LogP) is 5.08. The summed E-state index contributed by atoms with van der Waals surface area (Å²) in [5.74, 6) is 1.84. The van der Waals surface area contributed by atoms with Crippen LogP contribution in [0.1, 0.15) is 5.76 Å². The Morgan fingerprint density at radius 1 is 1.11 bits per heavy atom. The van der Waals surface area contributed by atoms with Crippen LogP contribution in [0.4, 0.5) is 5.69 Å². The molecule has 0 atom stereocenters. The molecule has 0 aliphatic carbocycles. The van der Waals surface area contributed by atoms with E-state index in [2.05, 4.69) is 27.2 Å². The van der Waals surface area contributed by atoms with Crippen molar-refractivity contribution in [3.05, 3.63) is 76.4 Å². The second-order valence-corrected chi connectivity index (χ2v) is 9.85. The lowest BCUT2D eigenvalue weighted by Crippen LogP contribution is -2.45. The fraction of sp³-hybridized carbons (Fsp3) is 0.231. The smallest absolute Gasteiger partial charge is 0.264 e. The highest BCUT2D eigenvalue weighted by atomic mass is 35.5. The van der Waals surface area contributed by atoms with Crippen LogP contribution in [-0.2, 0) is 4.79 Å². The Labute approximate surface area is 213 Å². The topological polar surface area (TPSA) is 70.3 Å². The van der Waals surface area contributed by atoms with Crippen molar-refractivity contribution in [3.63, 3.8) is 0 Å². The van der Waals surface area contributed by atoms with Crippen molar-refractivity contribution in [1.82, 2.24) is 15.1 Å². The second-order valence-electron chi connectivity index (χ2n) is 8.38. The van der Waals surface area contributed by atoms with Crippen LogP contribution in [0.25, 0.3) is 17.4 Å². The molecule has 0 bridgehead atoms. The van der Waals surface area contributed by atoms with Gasteiger partial charge in [-0.15, -0.1) is 0 Å². The van der Waals surface area contributed by atoms with Crippen molar-refractivity contribution in [2.75, 3.05) is 40.0 Å². The molecule has 3 heterocycles. The van der Waals surface area contributed by atoms with Gasteiger partial charge in [-0.2, -0.15) is 0 Å². The number of hydrogen-bond acceptors (Lipinski definition) is 7. The van der Waals surface area contributed by atoms with E-state index in [4.69, 9.17) is 20.8 Å². The number of furan rings is 1. The minimum Gasteiger partial charge on any atom is -0.478 e. The van der Waals surface area contributed by atoms with Crippen LogP contribution < -0.4 is 10.1 Å². The van der Waals surface area contributed by atoms with Crippen LogP contribution in [0.3, 0.4) is 0 Å². The molecule has 7 nitrogen and oxygen atoms in total.